The lowest BCUT2D eigenvalue weighted by molar-refractivity contribution is -0.0366. The van der Waals surface area contributed by atoms with Gasteiger partial charge < -0.3 is 10.0 Å². The molecule has 0 amide bonds. The summed E-state index contributed by atoms with van der Waals surface area (Å²) < 4.78 is 31.9. The standard InChI is InChI=1S/C31H31ClF2N6O/c1-21(31(41,18-38-20-35-19-36-38)28-12-10-25(33)15-29(28)34)40-17-23-14-27(11-13-30(23)37-40)39(26-4-2-3-5-26)16-22-6-8-24(32)9-7-22/h6-15,17,19-21,26,41H,2-5,16,18H2,1H3/t21-,31-/m1/s1. The highest BCUT2D eigenvalue weighted by atomic mass is 35.5. The molecule has 0 spiro atoms. The first kappa shape index (κ1) is 27.4. The van der Waals surface area contributed by atoms with Gasteiger partial charge in [0.05, 0.1) is 18.1 Å². The third-order valence-electron chi connectivity index (χ3n) is 8.22. The van der Waals surface area contributed by atoms with Crippen LogP contribution in [0.1, 0.15) is 49.8 Å². The third-order valence-corrected chi connectivity index (χ3v) is 8.48. The predicted molar refractivity (Wildman–Crippen MR) is 155 cm³/mol. The first-order valence-corrected chi connectivity index (χ1v) is 14.2. The molecular formula is C31H31ClF2N6O. The Balaban J connectivity index is 1.36. The molecule has 0 bridgehead atoms. The molecular weight excluding hydrogens is 546 g/mol. The van der Waals surface area contributed by atoms with Gasteiger partial charge in [0, 0.05) is 46.5 Å². The van der Waals surface area contributed by atoms with Crippen molar-refractivity contribution >= 4 is 28.2 Å². The lowest BCUT2D eigenvalue weighted by Gasteiger charge is -2.34. The Kier molecular flexibility index (Phi) is 7.48. The maximum atomic E-state index is 15.1. The second kappa shape index (κ2) is 11.2. The fourth-order valence-corrected chi connectivity index (χ4v) is 6.03. The molecule has 1 fully saturated rings. The number of anilines is 1. The molecule has 0 unspecified atom stereocenters. The molecule has 2 atom stereocenters. The van der Waals surface area contributed by atoms with E-state index in [1.54, 1.807) is 11.6 Å². The molecule has 0 saturated heterocycles. The number of hydrogen-bond donors (Lipinski definition) is 1. The first-order valence-electron chi connectivity index (χ1n) is 13.8. The molecule has 7 nitrogen and oxygen atoms in total. The molecule has 6 rings (SSSR count). The van der Waals surface area contributed by atoms with Gasteiger partial charge in [-0.25, -0.2) is 18.4 Å². The summed E-state index contributed by atoms with van der Waals surface area (Å²) >= 11 is 6.13. The van der Waals surface area contributed by atoms with E-state index >= 15 is 4.39 Å². The average Bonchev–Trinajstić information content (AvgIpc) is 3.74. The Labute approximate surface area is 242 Å². The van der Waals surface area contributed by atoms with Gasteiger partial charge in [-0.05, 0) is 61.7 Å². The normalized spacial score (nSPS) is 16.2. The summed E-state index contributed by atoms with van der Waals surface area (Å²) in [5.41, 5.74) is 1.18. The number of nitrogens with zero attached hydrogens (tertiary/aromatic N) is 6. The van der Waals surface area contributed by atoms with Crippen LogP contribution in [-0.4, -0.2) is 35.7 Å². The van der Waals surface area contributed by atoms with E-state index in [4.69, 9.17) is 16.7 Å². The van der Waals surface area contributed by atoms with Crippen LogP contribution in [0.5, 0.6) is 0 Å². The Morgan fingerprint density at radius 1 is 1.07 bits per heavy atom. The highest BCUT2D eigenvalue weighted by molar-refractivity contribution is 6.30. The second-order valence-electron chi connectivity index (χ2n) is 10.9. The summed E-state index contributed by atoms with van der Waals surface area (Å²) in [6, 6.07) is 17.0. The topological polar surface area (TPSA) is 72.0 Å². The number of fused-ring (bicyclic) bond motifs is 1. The molecule has 0 radical (unpaired) electrons. The number of benzene rings is 3. The molecule has 2 aromatic heterocycles. The van der Waals surface area contributed by atoms with Crippen LogP contribution in [0.2, 0.25) is 5.02 Å². The lowest BCUT2D eigenvalue weighted by atomic mass is 9.86. The number of halogens is 3. The summed E-state index contributed by atoms with van der Waals surface area (Å²) in [5, 5.41) is 22.5. The van der Waals surface area contributed by atoms with Crippen molar-refractivity contribution in [1.82, 2.24) is 24.5 Å². The van der Waals surface area contributed by atoms with Crippen molar-refractivity contribution in [2.45, 2.75) is 63.4 Å². The quantitative estimate of drug-likeness (QED) is 0.212. The second-order valence-corrected chi connectivity index (χ2v) is 11.3. The van der Waals surface area contributed by atoms with Gasteiger partial charge in [0.25, 0.3) is 0 Å². The van der Waals surface area contributed by atoms with Crippen LogP contribution in [-0.2, 0) is 18.7 Å². The van der Waals surface area contributed by atoms with Gasteiger partial charge in [0.1, 0.15) is 29.9 Å². The van der Waals surface area contributed by atoms with Crippen molar-refractivity contribution in [1.29, 1.82) is 0 Å². The lowest BCUT2D eigenvalue weighted by Crippen LogP contribution is -2.40. The number of hydrogen-bond acceptors (Lipinski definition) is 5. The van der Waals surface area contributed by atoms with E-state index in [9.17, 15) is 9.50 Å². The Morgan fingerprint density at radius 3 is 2.56 bits per heavy atom. The summed E-state index contributed by atoms with van der Waals surface area (Å²) in [6.07, 6.45) is 9.36. The zero-order chi connectivity index (χ0) is 28.6. The van der Waals surface area contributed by atoms with E-state index in [1.807, 2.05) is 24.4 Å². The minimum Gasteiger partial charge on any atom is -0.381 e. The van der Waals surface area contributed by atoms with Gasteiger partial charge in [0.2, 0.25) is 0 Å². The van der Waals surface area contributed by atoms with Crippen LogP contribution in [0.4, 0.5) is 14.5 Å². The van der Waals surface area contributed by atoms with Crippen LogP contribution in [0.15, 0.2) is 79.5 Å². The molecule has 3 aromatic carbocycles. The van der Waals surface area contributed by atoms with Crippen molar-refractivity contribution in [3.05, 3.63) is 107 Å². The number of aliphatic hydroxyl groups is 1. The van der Waals surface area contributed by atoms with Crippen molar-refractivity contribution in [2.24, 2.45) is 0 Å². The van der Waals surface area contributed by atoms with Crippen molar-refractivity contribution in [3.8, 4) is 0 Å². The van der Waals surface area contributed by atoms with Crippen LogP contribution in [0, 0.1) is 11.6 Å². The molecule has 0 aliphatic heterocycles. The molecule has 1 aliphatic rings. The van der Waals surface area contributed by atoms with Gasteiger partial charge in [-0.1, -0.05) is 42.6 Å². The maximum absolute atomic E-state index is 15.1. The molecule has 1 saturated carbocycles. The van der Waals surface area contributed by atoms with E-state index in [2.05, 4.69) is 39.2 Å². The van der Waals surface area contributed by atoms with Gasteiger partial charge in [-0.3, -0.25) is 4.68 Å². The first-order chi connectivity index (χ1) is 19.8. The van der Waals surface area contributed by atoms with E-state index in [-0.39, 0.29) is 12.1 Å². The molecule has 212 valence electrons. The molecule has 41 heavy (non-hydrogen) atoms. The fourth-order valence-electron chi connectivity index (χ4n) is 5.91. The Morgan fingerprint density at radius 2 is 1.85 bits per heavy atom. The maximum Gasteiger partial charge on any atom is 0.137 e. The molecule has 1 N–H and O–H groups in total. The van der Waals surface area contributed by atoms with E-state index in [0.717, 1.165) is 48.1 Å². The molecule has 5 aromatic rings. The van der Waals surface area contributed by atoms with Gasteiger partial charge in [0.15, 0.2) is 0 Å². The third kappa shape index (κ3) is 5.56. The summed E-state index contributed by atoms with van der Waals surface area (Å²) in [4.78, 5) is 6.40. The van der Waals surface area contributed by atoms with E-state index in [1.165, 1.54) is 41.8 Å². The van der Waals surface area contributed by atoms with E-state index in [0.29, 0.717) is 11.1 Å². The minimum absolute atomic E-state index is 0.0440. The fraction of sp³-hybridized carbons (Fsp3) is 0.323. The monoisotopic (exact) mass is 576 g/mol. The zero-order valence-electron chi connectivity index (χ0n) is 22.7. The van der Waals surface area contributed by atoms with Crippen LogP contribution < -0.4 is 4.90 Å². The van der Waals surface area contributed by atoms with Gasteiger partial charge >= 0.3 is 0 Å². The molecule has 2 heterocycles. The van der Waals surface area contributed by atoms with Crippen molar-refractivity contribution in [2.75, 3.05) is 4.90 Å². The summed E-state index contributed by atoms with van der Waals surface area (Å²) in [7, 11) is 0. The van der Waals surface area contributed by atoms with E-state index < -0.39 is 23.3 Å². The van der Waals surface area contributed by atoms with Crippen molar-refractivity contribution in [3.63, 3.8) is 0 Å². The number of aromatic nitrogens is 5. The smallest absolute Gasteiger partial charge is 0.137 e. The Hall–Kier alpha value is -3.82. The van der Waals surface area contributed by atoms with Gasteiger partial charge in [-0.2, -0.15) is 10.2 Å². The minimum atomic E-state index is -1.80. The highest BCUT2D eigenvalue weighted by Gasteiger charge is 2.41. The molecule has 10 heteroatoms. The average molecular weight is 577 g/mol. The SMILES string of the molecule is C[C@@H](n1cc2cc(N(Cc3ccc(Cl)cc3)C3CCCC3)ccc2n1)[C@](O)(Cn1cncn1)c1ccc(F)cc1F. The van der Waals surface area contributed by atoms with Crippen molar-refractivity contribution < 1.29 is 13.9 Å². The number of rotatable bonds is 9. The zero-order valence-corrected chi connectivity index (χ0v) is 23.4. The van der Waals surface area contributed by atoms with Crippen LogP contribution in [0.25, 0.3) is 10.9 Å². The van der Waals surface area contributed by atoms with Gasteiger partial charge in [-0.15, -0.1) is 0 Å². The van der Waals surface area contributed by atoms with Crippen LogP contribution in [0.3, 0.4) is 0 Å². The summed E-state index contributed by atoms with van der Waals surface area (Å²) in [6.45, 7) is 2.42. The summed E-state index contributed by atoms with van der Waals surface area (Å²) in [5.74, 6) is -1.56. The van der Waals surface area contributed by atoms with Crippen LogP contribution >= 0.6 is 11.6 Å². The Bertz CT molecular complexity index is 1630. The highest BCUT2D eigenvalue weighted by Crippen LogP contribution is 2.38. The molecule has 1 aliphatic carbocycles. The largest absolute Gasteiger partial charge is 0.381 e. The predicted octanol–water partition coefficient (Wildman–Crippen LogP) is 6.66.